The Labute approximate surface area is 309 Å². The molecule has 0 aromatic heterocycles. The standard InChI is InChI=1S/C41H49F3N4O5/c42-41(43,44)40(51)48-21-5-9-36(48)38(50)45-24-29-6-3-7-33(22-29)30-14-16-32(17-15-30)39-52-35(23-37(53-39)31-12-10-28(27-49)11-13-31)26-47-20-4-8-34(47)25-46-18-1-2-19-46/h3,6-7,10-17,22,34-37,39,49H,1-2,4-5,8-9,18-21,23-27H2,(H,45,50)/t34-,35-,36-,37+,39+/m0/s1. The van der Waals surface area contributed by atoms with Gasteiger partial charge in [0.2, 0.25) is 5.91 Å². The summed E-state index contributed by atoms with van der Waals surface area (Å²) in [6.45, 7) is 5.46. The first-order chi connectivity index (χ1) is 25.6. The lowest BCUT2D eigenvalue weighted by molar-refractivity contribution is -0.253. The summed E-state index contributed by atoms with van der Waals surface area (Å²) < 4.78 is 52.5. The van der Waals surface area contributed by atoms with Crippen molar-refractivity contribution < 1.29 is 37.3 Å². The first-order valence-electron chi connectivity index (χ1n) is 19.0. The van der Waals surface area contributed by atoms with Crippen LogP contribution in [0.3, 0.4) is 0 Å². The largest absolute Gasteiger partial charge is 0.471 e. The summed E-state index contributed by atoms with van der Waals surface area (Å²) in [6.07, 6.45) is 0.511. The van der Waals surface area contributed by atoms with Gasteiger partial charge in [0.1, 0.15) is 6.04 Å². The second-order valence-electron chi connectivity index (χ2n) is 14.8. The molecule has 0 bridgehead atoms. The highest BCUT2D eigenvalue weighted by Crippen LogP contribution is 2.39. The van der Waals surface area contributed by atoms with Crippen LogP contribution in [-0.2, 0) is 32.2 Å². The summed E-state index contributed by atoms with van der Waals surface area (Å²) >= 11 is 0. The van der Waals surface area contributed by atoms with Gasteiger partial charge in [0.05, 0.1) is 18.8 Å². The summed E-state index contributed by atoms with van der Waals surface area (Å²) in [6, 6.07) is 23.0. The molecule has 0 aliphatic carbocycles. The Kier molecular flexibility index (Phi) is 11.8. The highest BCUT2D eigenvalue weighted by atomic mass is 19.4. The van der Waals surface area contributed by atoms with Gasteiger partial charge in [-0.25, -0.2) is 0 Å². The number of alkyl halides is 3. The summed E-state index contributed by atoms with van der Waals surface area (Å²) in [5.41, 5.74) is 5.47. The number of carbonyl (C=O) groups is 2. The zero-order valence-corrected chi connectivity index (χ0v) is 30.0. The number of nitrogens with one attached hydrogen (secondary N) is 1. The zero-order valence-electron chi connectivity index (χ0n) is 30.0. The molecule has 3 aromatic rings. The molecular weight excluding hydrogens is 685 g/mol. The van der Waals surface area contributed by atoms with E-state index in [9.17, 15) is 27.9 Å². The third-order valence-corrected chi connectivity index (χ3v) is 11.2. The Morgan fingerprint density at radius 1 is 0.792 bits per heavy atom. The van der Waals surface area contributed by atoms with Crippen LogP contribution in [0.25, 0.3) is 11.1 Å². The number of rotatable bonds is 11. The number of ether oxygens (including phenoxy) is 2. The van der Waals surface area contributed by atoms with E-state index in [-0.39, 0.29) is 38.3 Å². The van der Waals surface area contributed by atoms with Crippen molar-refractivity contribution in [2.24, 2.45) is 0 Å². The topological polar surface area (TPSA) is 94.6 Å². The molecule has 7 rings (SSSR count). The molecule has 4 heterocycles. The Balaban J connectivity index is 1.02. The lowest BCUT2D eigenvalue weighted by Crippen LogP contribution is -2.50. The molecule has 4 aliphatic rings. The van der Waals surface area contributed by atoms with E-state index in [0.29, 0.717) is 17.4 Å². The Bertz CT molecular complexity index is 1700. The number of nitrogens with zero attached hydrogens (tertiary/aromatic N) is 3. The SMILES string of the molecule is O=C(NCc1cccc(-c2ccc([C@@H]3O[C@H](CN4CCC[C@H]4CN4CCCC4)C[C@H](c4ccc(CO)cc4)O3)cc2)c1)[C@@H]1CCCN1C(=O)C(F)(F)F. The summed E-state index contributed by atoms with van der Waals surface area (Å²) in [4.78, 5) is 30.5. The number of aliphatic hydroxyl groups excluding tert-OH is 1. The van der Waals surface area contributed by atoms with Gasteiger partial charge in [0.15, 0.2) is 6.29 Å². The van der Waals surface area contributed by atoms with Crippen LogP contribution in [0.5, 0.6) is 0 Å². The maximum absolute atomic E-state index is 13.1. The zero-order chi connectivity index (χ0) is 37.0. The number of amides is 2. The molecule has 53 heavy (non-hydrogen) atoms. The highest BCUT2D eigenvalue weighted by Gasteiger charge is 2.47. The fourth-order valence-corrected chi connectivity index (χ4v) is 8.35. The van der Waals surface area contributed by atoms with E-state index in [2.05, 4.69) is 15.1 Å². The van der Waals surface area contributed by atoms with E-state index in [1.54, 1.807) is 0 Å². The molecular formula is C41H49F3N4O5. The average molecular weight is 735 g/mol. The maximum Gasteiger partial charge on any atom is 0.471 e. The van der Waals surface area contributed by atoms with Crippen LogP contribution < -0.4 is 5.32 Å². The van der Waals surface area contributed by atoms with E-state index in [1.807, 2.05) is 72.8 Å². The average Bonchev–Trinajstić information content (AvgIpc) is 3.97. The molecule has 2 N–H and O–H groups in total. The molecule has 0 unspecified atom stereocenters. The molecule has 5 atom stereocenters. The smallest absolute Gasteiger partial charge is 0.392 e. The van der Waals surface area contributed by atoms with Gasteiger partial charge in [-0.2, -0.15) is 13.2 Å². The second kappa shape index (κ2) is 16.7. The number of likely N-dealkylation sites (tertiary alicyclic amines) is 3. The van der Waals surface area contributed by atoms with E-state index in [1.165, 1.54) is 38.8 Å². The molecule has 4 aliphatic heterocycles. The van der Waals surface area contributed by atoms with Crippen LogP contribution in [0.4, 0.5) is 13.2 Å². The molecule has 4 saturated heterocycles. The van der Waals surface area contributed by atoms with Crippen molar-refractivity contribution in [2.45, 2.75) is 94.9 Å². The molecule has 0 radical (unpaired) electrons. The first kappa shape index (κ1) is 37.5. The van der Waals surface area contributed by atoms with Crippen molar-refractivity contribution in [2.75, 3.05) is 39.3 Å². The molecule has 0 saturated carbocycles. The van der Waals surface area contributed by atoms with E-state index < -0.39 is 30.3 Å². The minimum Gasteiger partial charge on any atom is -0.392 e. The van der Waals surface area contributed by atoms with Crippen LogP contribution in [0.15, 0.2) is 72.8 Å². The van der Waals surface area contributed by atoms with Crippen molar-refractivity contribution in [3.8, 4) is 11.1 Å². The number of aliphatic hydroxyl groups is 1. The van der Waals surface area contributed by atoms with Crippen LogP contribution in [0.2, 0.25) is 0 Å². The summed E-state index contributed by atoms with van der Waals surface area (Å²) in [5, 5.41) is 12.3. The lowest BCUT2D eigenvalue weighted by Gasteiger charge is -2.39. The van der Waals surface area contributed by atoms with E-state index in [0.717, 1.165) is 59.4 Å². The monoisotopic (exact) mass is 734 g/mol. The first-order valence-corrected chi connectivity index (χ1v) is 19.0. The number of carbonyl (C=O) groups excluding carboxylic acids is 2. The molecule has 284 valence electrons. The van der Waals surface area contributed by atoms with Gasteiger partial charge in [-0.05, 0) is 92.0 Å². The highest BCUT2D eigenvalue weighted by molar-refractivity contribution is 5.90. The van der Waals surface area contributed by atoms with Gasteiger partial charge in [-0.15, -0.1) is 0 Å². The predicted octanol–water partition coefficient (Wildman–Crippen LogP) is 6.12. The van der Waals surface area contributed by atoms with E-state index >= 15 is 0 Å². The lowest BCUT2D eigenvalue weighted by atomic mass is 9.98. The summed E-state index contributed by atoms with van der Waals surface area (Å²) in [7, 11) is 0. The van der Waals surface area contributed by atoms with Crippen LogP contribution in [0, 0.1) is 0 Å². The van der Waals surface area contributed by atoms with E-state index in [4.69, 9.17) is 9.47 Å². The van der Waals surface area contributed by atoms with Gasteiger partial charge < -0.3 is 29.7 Å². The van der Waals surface area contributed by atoms with Crippen LogP contribution >= 0.6 is 0 Å². The number of benzene rings is 3. The quantitative estimate of drug-likeness (QED) is 0.245. The number of hydrogen-bond acceptors (Lipinski definition) is 7. The third kappa shape index (κ3) is 9.12. The molecule has 2 amide bonds. The fourth-order valence-electron chi connectivity index (χ4n) is 8.35. The van der Waals surface area contributed by atoms with Gasteiger partial charge in [0, 0.05) is 44.2 Å². The Morgan fingerprint density at radius 2 is 1.53 bits per heavy atom. The second-order valence-corrected chi connectivity index (χ2v) is 14.8. The molecule has 3 aromatic carbocycles. The Morgan fingerprint density at radius 3 is 2.26 bits per heavy atom. The number of hydrogen-bond donors (Lipinski definition) is 2. The normalized spacial score (nSPS) is 25.6. The summed E-state index contributed by atoms with van der Waals surface area (Å²) in [5.74, 6) is -2.56. The third-order valence-electron chi connectivity index (χ3n) is 11.2. The van der Waals surface area contributed by atoms with Gasteiger partial charge in [-0.1, -0.05) is 66.7 Å². The Hall–Kier alpha value is -3.81. The number of halogens is 3. The van der Waals surface area contributed by atoms with Gasteiger partial charge in [-0.3, -0.25) is 14.5 Å². The van der Waals surface area contributed by atoms with Crippen molar-refractivity contribution >= 4 is 11.8 Å². The van der Waals surface area contributed by atoms with Crippen LogP contribution in [-0.4, -0.2) is 95.3 Å². The van der Waals surface area contributed by atoms with Gasteiger partial charge in [0.25, 0.3) is 0 Å². The minimum absolute atomic E-state index is 0.00976. The maximum atomic E-state index is 13.1. The molecule has 0 spiro atoms. The van der Waals surface area contributed by atoms with Crippen molar-refractivity contribution in [3.05, 3.63) is 95.1 Å². The fraction of sp³-hybridized carbons (Fsp3) is 0.512. The van der Waals surface area contributed by atoms with Crippen molar-refractivity contribution in [1.29, 1.82) is 0 Å². The van der Waals surface area contributed by atoms with Crippen molar-refractivity contribution in [3.63, 3.8) is 0 Å². The van der Waals surface area contributed by atoms with Crippen molar-refractivity contribution in [1.82, 2.24) is 20.0 Å². The van der Waals surface area contributed by atoms with Gasteiger partial charge >= 0.3 is 12.1 Å². The molecule has 4 fully saturated rings. The van der Waals surface area contributed by atoms with Crippen LogP contribution in [0.1, 0.15) is 79.6 Å². The minimum atomic E-state index is -5.01. The molecule has 12 heteroatoms. The predicted molar refractivity (Wildman–Crippen MR) is 193 cm³/mol. The molecule has 9 nitrogen and oxygen atoms in total.